The molecule has 10 heteroatoms. The highest BCUT2D eigenvalue weighted by molar-refractivity contribution is 6.76. The summed E-state index contributed by atoms with van der Waals surface area (Å²) in [5.41, 5.74) is -2.33. The number of carbonyl (C=O) groups is 2. The molecule has 1 saturated heterocycles. The lowest BCUT2D eigenvalue weighted by Gasteiger charge is -2.52. The van der Waals surface area contributed by atoms with Gasteiger partial charge in [0.25, 0.3) is 9.70 Å². The molecular formula is C23H28Cl3NO6. The Morgan fingerprint density at radius 3 is 2.36 bits per heavy atom. The van der Waals surface area contributed by atoms with Gasteiger partial charge in [-0.15, -0.1) is 6.58 Å². The van der Waals surface area contributed by atoms with Gasteiger partial charge in [-0.1, -0.05) is 59.1 Å². The lowest BCUT2D eigenvalue weighted by molar-refractivity contribution is -0.173. The largest absolute Gasteiger partial charge is 0.456 e. The first-order valence-corrected chi connectivity index (χ1v) is 11.7. The summed E-state index contributed by atoms with van der Waals surface area (Å²) in [5.74, 6) is -2.84. The summed E-state index contributed by atoms with van der Waals surface area (Å²) in [6, 6.07) is 8.41. The highest BCUT2D eigenvalue weighted by atomic mass is 35.6. The molecular weight excluding hydrogens is 493 g/mol. The van der Waals surface area contributed by atoms with Crippen molar-refractivity contribution in [1.29, 1.82) is 0 Å². The minimum absolute atomic E-state index is 0.0144. The maximum absolute atomic E-state index is 12.7. The van der Waals surface area contributed by atoms with Crippen molar-refractivity contribution in [2.24, 2.45) is 5.92 Å². The average molecular weight is 521 g/mol. The van der Waals surface area contributed by atoms with E-state index in [0.717, 1.165) is 0 Å². The van der Waals surface area contributed by atoms with Crippen LogP contribution in [0.5, 0.6) is 0 Å². The second-order valence-electron chi connectivity index (χ2n) is 9.20. The van der Waals surface area contributed by atoms with Crippen molar-refractivity contribution in [3.05, 3.63) is 48.6 Å². The standard InChI is InChI=1S/C23H28Cl3NO6/c1-5-22(27-19(29)23(24,25)26)12-17(32-18(28)14-9-7-6-8-10-14)21(4,30)11-15(22)16-13-31-20(2,3)33-16/h5-10,15-17,30H,1,11-13H2,2-4H3,(H,27,29)/t15-,16-,17-,21+,22+/m1/s1. The van der Waals surface area contributed by atoms with E-state index in [1.54, 1.807) is 51.1 Å². The highest BCUT2D eigenvalue weighted by Gasteiger charge is 2.58. The molecule has 1 amide bonds. The quantitative estimate of drug-likeness (QED) is 0.347. The molecule has 33 heavy (non-hydrogen) atoms. The molecule has 1 aliphatic heterocycles. The van der Waals surface area contributed by atoms with Gasteiger partial charge in [-0.3, -0.25) is 4.79 Å². The second-order valence-corrected chi connectivity index (χ2v) is 11.5. The van der Waals surface area contributed by atoms with Crippen LogP contribution in [0.15, 0.2) is 43.0 Å². The van der Waals surface area contributed by atoms with Crippen LogP contribution < -0.4 is 5.32 Å². The van der Waals surface area contributed by atoms with Gasteiger partial charge in [0.1, 0.15) is 6.10 Å². The zero-order chi connectivity index (χ0) is 24.7. The maximum atomic E-state index is 12.7. The number of ether oxygens (including phenoxy) is 3. The number of hydrogen-bond donors (Lipinski definition) is 2. The summed E-state index contributed by atoms with van der Waals surface area (Å²) in [7, 11) is 0. The normalized spacial score (nSPS) is 33.8. The summed E-state index contributed by atoms with van der Waals surface area (Å²) < 4.78 is 15.2. The van der Waals surface area contributed by atoms with Gasteiger partial charge in [0.15, 0.2) is 5.79 Å². The van der Waals surface area contributed by atoms with Crippen LogP contribution in [0.25, 0.3) is 0 Å². The van der Waals surface area contributed by atoms with Gasteiger partial charge in [0, 0.05) is 12.3 Å². The summed E-state index contributed by atoms with van der Waals surface area (Å²) in [6.45, 7) is 9.25. The van der Waals surface area contributed by atoms with E-state index in [1.807, 2.05) is 0 Å². The van der Waals surface area contributed by atoms with E-state index >= 15 is 0 Å². The second kappa shape index (κ2) is 9.36. The number of halogens is 3. The number of hydrogen-bond acceptors (Lipinski definition) is 6. The van der Waals surface area contributed by atoms with Gasteiger partial charge < -0.3 is 24.6 Å². The first-order chi connectivity index (χ1) is 15.2. The Labute approximate surface area is 208 Å². The number of benzene rings is 1. The van der Waals surface area contributed by atoms with Crippen LogP contribution in [0.4, 0.5) is 0 Å². The molecule has 0 bridgehead atoms. The number of aliphatic hydroxyl groups is 1. The fourth-order valence-corrected chi connectivity index (χ4v) is 4.61. The molecule has 0 radical (unpaired) electrons. The van der Waals surface area contributed by atoms with Crippen LogP contribution in [-0.2, 0) is 19.0 Å². The Morgan fingerprint density at radius 1 is 1.21 bits per heavy atom. The zero-order valence-electron chi connectivity index (χ0n) is 18.6. The molecule has 5 atom stereocenters. The van der Waals surface area contributed by atoms with Crippen molar-refractivity contribution in [2.45, 2.75) is 66.5 Å². The van der Waals surface area contributed by atoms with Crippen molar-refractivity contribution in [2.75, 3.05) is 6.61 Å². The lowest BCUT2D eigenvalue weighted by atomic mass is 9.63. The predicted octanol–water partition coefficient (Wildman–Crippen LogP) is 3.94. The first-order valence-electron chi connectivity index (χ1n) is 10.5. The van der Waals surface area contributed by atoms with Gasteiger partial charge in [-0.05, 0) is 39.3 Å². The van der Waals surface area contributed by atoms with Crippen molar-refractivity contribution < 1.29 is 28.9 Å². The fraction of sp³-hybridized carbons (Fsp3) is 0.565. The molecule has 1 heterocycles. The van der Waals surface area contributed by atoms with Crippen molar-refractivity contribution in [3.63, 3.8) is 0 Å². The van der Waals surface area contributed by atoms with E-state index in [0.29, 0.717) is 5.56 Å². The SMILES string of the molecule is C=C[C@]1(NC(=O)C(Cl)(Cl)Cl)C[C@@H](OC(=O)c2ccccc2)[C@@](C)(O)C[C@@H]1[C@H]1COC(C)(C)O1. The predicted molar refractivity (Wildman–Crippen MR) is 125 cm³/mol. The minimum Gasteiger partial charge on any atom is -0.456 e. The lowest BCUT2D eigenvalue weighted by Crippen LogP contribution is -2.67. The molecule has 182 valence electrons. The van der Waals surface area contributed by atoms with E-state index in [9.17, 15) is 14.7 Å². The summed E-state index contributed by atoms with van der Waals surface area (Å²) >= 11 is 17.5. The van der Waals surface area contributed by atoms with Gasteiger partial charge in [0.2, 0.25) is 0 Å². The number of rotatable bonds is 5. The molecule has 0 spiro atoms. The van der Waals surface area contributed by atoms with Crippen LogP contribution in [0, 0.1) is 5.92 Å². The van der Waals surface area contributed by atoms with Crippen molar-refractivity contribution in [3.8, 4) is 0 Å². The Kier molecular flexibility index (Phi) is 7.45. The zero-order valence-corrected chi connectivity index (χ0v) is 20.9. The molecule has 1 aromatic carbocycles. The molecule has 2 N–H and O–H groups in total. The Hall–Kier alpha value is -1.35. The van der Waals surface area contributed by atoms with Crippen LogP contribution in [-0.4, -0.2) is 56.5 Å². The smallest absolute Gasteiger partial charge is 0.338 e. The van der Waals surface area contributed by atoms with Crippen molar-refractivity contribution >= 4 is 46.7 Å². The van der Waals surface area contributed by atoms with E-state index in [-0.39, 0.29) is 19.4 Å². The summed E-state index contributed by atoms with van der Waals surface area (Å²) in [4.78, 5) is 25.4. The minimum atomic E-state index is -2.23. The van der Waals surface area contributed by atoms with Gasteiger partial charge in [-0.25, -0.2) is 4.79 Å². The molecule has 0 unspecified atom stereocenters. The molecule has 7 nitrogen and oxygen atoms in total. The van der Waals surface area contributed by atoms with Gasteiger partial charge >= 0.3 is 5.97 Å². The Bertz CT molecular complexity index is 901. The number of amides is 1. The molecule has 0 aromatic heterocycles. The molecule has 2 fully saturated rings. The Balaban J connectivity index is 1.95. The van der Waals surface area contributed by atoms with Gasteiger partial charge in [-0.2, -0.15) is 0 Å². The van der Waals surface area contributed by atoms with E-state index in [4.69, 9.17) is 49.0 Å². The maximum Gasteiger partial charge on any atom is 0.338 e. The van der Waals surface area contributed by atoms with E-state index in [2.05, 4.69) is 11.9 Å². The molecule has 1 aliphatic carbocycles. The van der Waals surface area contributed by atoms with Crippen LogP contribution in [0.3, 0.4) is 0 Å². The third-order valence-electron chi connectivity index (χ3n) is 6.22. The number of alkyl halides is 3. The third kappa shape index (κ3) is 5.84. The number of esters is 1. The first kappa shape index (κ1) is 26.3. The van der Waals surface area contributed by atoms with E-state index in [1.165, 1.54) is 6.08 Å². The van der Waals surface area contributed by atoms with Crippen LogP contribution >= 0.6 is 34.8 Å². The molecule has 3 rings (SSSR count). The van der Waals surface area contributed by atoms with Crippen molar-refractivity contribution in [1.82, 2.24) is 5.32 Å². The molecule has 2 aliphatic rings. The highest BCUT2D eigenvalue weighted by Crippen LogP contribution is 2.47. The fourth-order valence-electron chi connectivity index (χ4n) is 4.47. The Morgan fingerprint density at radius 2 is 1.85 bits per heavy atom. The summed E-state index contributed by atoms with van der Waals surface area (Å²) in [5, 5.41) is 14.1. The number of nitrogens with one attached hydrogen (secondary N) is 1. The summed E-state index contributed by atoms with van der Waals surface area (Å²) in [6.07, 6.45) is 0.0887. The van der Waals surface area contributed by atoms with E-state index < -0.39 is 50.7 Å². The average Bonchev–Trinajstić information content (AvgIpc) is 3.09. The van der Waals surface area contributed by atoms with Crippen LogP contribution in [0.2, 0.25) is 0 Å². The van der Waals surface area contributed by atoms with Crippen LogP contribution in [0.1, 0.15) is 44.0 Å². The molecule has 1 saturated carbocycles. The molecule has 1 aromatic rings. The number of carbonyl (C=O) groups excluding carboxylic acids is 2. The monoisotopic (exact) mass is 519 g/mol. The third-order valence-corrected chi connectivity index (χ3v) is 6.73. The topological polar surface area (TPSA) is 94.1 Å². The van der Waals surface area contributed by atoms with Gasteiger partial charge in [0.05, 0.1) is 29.4 Å².